The van der Waals surface area contributed by atoms with Crippen LogP contribution in [0, 0.1) is 0 Å². The van der Waals surface area contributed by atoms with Crippen LogP contribution in [0.2, 0.25) is 0 Å². The van der Waals surface area contributed by atoms with Gasteiger partial charge >= 0.3 is 0 Å². The molecule has 1 aliphatic carbocycles. The average Bonchev–Trinajstić information content (AvgIpc) is 3.22. The predicted octanol–water partition coefficient (Wildman–Crippen LogP) is 3.32. The quantitative estimate of drug-likeness (QED) is 0.538. The third-order valence-electron chi connectivity index (χ3n) is 7.19. The first-order valence-electron chi connectivity index (χ1n) is 12.4. The minimum Gasteiger partial charge on any atom is -0.487 e. The molecule has 0 spiro atoms. The van der Waals surface area contributed by atoms with Crippen LogP contribution >= 0.6 is 0 Å². The van der Waals surface area contributed by atoms with Crippen LogP contribution in [-0.4, -0.2) is 50.4 Å². The molecule has 9 heteroatoms. The van der Waals surface area contributed by atoms with Gasteiger partial charge in [-0.1, -0.05) is 37.5 Å². The van der Waals surface area contributed by atoms with Crippen LogP contribution in [-0.2, 0) is 19.6 Å². The lowest BCUT2D eigenvalue weighted by atomic mass is 9.84. The van der Waals surface area contributed by atoms with Crippen molar-refractivity contribution in [3.8, 4) is 5.75 Å². The van der Waals surface area contributed by atoms with E-state index in [1.54, 1.807) is 48.5 Å². The molecule has 188 valence electrons. The predicted molar refractivity (Wildman–Crippen MR) is 131 cm³/mol. The lowest BCUT2D eigenvalue weighted by Crippen LogP contribution is -2.48. The molecular weight excluding hydrogens is 468 g/mol. The van der Waals surface area contributed by atoms with E-state index in [4.69, 9.17) is 9.47 Å². The monoisotopic (exact) mass is 500 g/mol. The SMILES string of the molecule is O=C(C[C@H]1C[C@@H]2c3cc(NS(=O)(=O)c4ccccc4)ccc3O[C@@H]2[C@@H](CO)O1)NC1CCCCC1. The van der Waals surface area contributed by atoms with E-state index >= 15 is 0 Å². The topological polar surface area (TPSA) is 114 Å². The van der Waals surface area contributed by atoms with E-state index in [0.29, 0.717) is 17.9 Å². The summed E-state index contributed by atoms with van der Waals surface area (Å²) < 4.78 is 40.4. The fourth-order valence-electron chi connectivity index (χ4n) is 5.51. The largest absolute Gasteiger partial charge is 0.487 e. The van der Waals surface area contributed by atoms with Crippen molar-refractivity contribution in [1.29, 1.82) is 0 Å². The van der Waals surface area contributed by atoms with E-state index in [1.165, 1.54) is 6.42 Å². The maximum Gasteiger partial charge on any atom is 0.261 e. The van der Waals surface area contributed by atoms with Gasteiger partial charge in [-0.2, -0.15) is 0 Å². The van der Waals surface area contributed by atoms with E-state index < -0.39 is 16.1 Å². The minimum atomic E-state index is -3.72. The lowest BCUT2D eigenvalue weighted by molar-refractivity contribution is -0.142. The Labute approximate surface area is 206 Å². The second-order valence-electron chi connectivity index (χ2n) is 9.68. The number of aliphatic hydroxyl groups excluding tert-OH is 1. The number of carbonyl (C=O) groups is 1. The molecule has 3 aliphatic rings. The number of nitrogens with one attached hydrogen (secondary N) is 2. The van der Waals surface area contributed by atoms with Crippen molar-refractivity contribution in [2.24, 2.45) is 0 Å². The Morgan fingerprint density at radius 2 is 1.83 bits per heavy atom. The van der Waals surface area contributed by atoms with Gasteiger partial charge < -0.3 is 19.9 Å². The van der Waals surface area contributed by atoms with Crippen molar-refractivity contribution in [2.45, 2.75) is 80.1 Å². The average molecular weight is 501 g/mol. The number of carbonyl (C=O) groups excluding carboxylic acids is 1. The van der Waals surface area contributed by atoms with E-state index in [0.717, 1.165) is 31.2 Å². The molecule has 2 aromatic rings. The van der Waals surface area contributed by atoms with Gasteiger partial charge in [-0.3, -0.25) is 9.52 Å². The molecule has 2 aromatic carbocycles. The summed E-state index contributed by atoms with van der Waals surface area (Å²) in [6.45, 7) is -0.219. The first kappa shape index (κ1) is 24.1. The molecule has 8 nitrogen and oxygen atoms in total. The van der Waals surface area contributed by atoms with Crippen LogP contribution in [0.3, 0.4) is 0 Å². The third kappa shape index (κ3) is 5.32. The Morgan fingerprint density at radius 3 is 2.57 bits per heavy atom. The molecule has 0 aromatic heterocycles. The second-order valence-corrected chi connectivity index (χ2v) is 11.4. The van der Waals surface area contributed by atoms with Crippen LogP contribution in [0.5, 0.6) is 5.75 Å². The number of rotatable bonds is 7. The molecule has 1 amide bonds. The molecule has 2 aliphatic heterocycles. The number of anilines is 1. The minimum absolute atomic E-state index is 0.0273. The number of ether oxygens (including phenoxy) is 2. The number of sulfonamides is 1. The standard InChI is InChI=1S/C26H32N2O6S/c29-16-24-26-22(14-19(33-24)15-25(30)27-17-7-3-1-4-8-17)21-13-18(11-12-23(21)34-26)28-35(31,32)20-9-5-2-6-10-20/h2,5-6,9-13,17,19,22,24,26,28-29H,1,3-4,7-8,14-16H2,(H,27,30)/t19-,22-,24-,26+/m1/s1. The summed E-state index contributed by atoms with van der Waals surface area (Å²) in [6, 6.07) is 13.6. The van der Waals surface area contributed by atoms with E-state index in [1.807, 2.05) is 0 Å². The lowest BCUT2D eigenvalue weighted by Gasteiger charge is -2.37. The van der Waals surface area contributed by atoms with E-state index in [2.05, 4.69) is 10.0 Å². The molecular formula is C26H32N2O6S. The number of hydrogen-bond acceptors (Lipinski definition) is 6. The summed E-state index contributed by atoms with van der Waals surface area (Å²) in [5.74, 6) is 0.516. The van der Waals surface area contributed by atoms with Crippen LogP contribution in [0.4, 0.5) is 5.69 Å². The van der Waals surface area contributed by atoms with Gasteiger partial charge in [0.2, 0.25) is 5.91 Å². The first-order valence-corrected chi connectivity index (χ1v) is 13.9. The molecule has 5 rings (SSSR count). The highest BCUT2D eigenvalue weighted by Crippen LogP contribution is 2.47. The normalized spacial score (nSPS) is 26.3. The molecule has 0 radical (unpaired) electrons. The van der Waals surface area contributed by atoms with Crippen LogP contribution < -0.4 is 14.8 Å². The van der Waals surface area contributed by atoms with Crippen molar-refractivity contribution < 1.29 is 27.8 Å². The Bertz CT molecular complexity index is 1150. The Kier molecular flexibility index (Phi) is 7.00. The van der Waals surface area contributed by atoms with Gasteiger partial charge in [0.1, 0.15) is 18.0 Å². The van der Waals surface area contributed by atoms with Crippen LogP contribution in [0.25, 0.3) is 0 Å². The Balaban J connectivity index is 1.30. The fraction of sp³-hybridized carbons (Fsp3) is 0.500. The Hall–Kier alpha value is -2.62. The molecule has 0 unspecified atom stereocenters. The number of benzene rings is 2. The highest BCUT2D eigenvalue weighted by Gasteiger charge is 2.46. The zero-order valence-electron chi connectivity index (χ0n) is 19.6. The summed E-state index contributed by atoms with van der Waals surface area (Å²) >= 11 is 0. The molecule has 1 saturated heterocycles. The van der Waals surface area contributed by atoms with Gasteiger partial charge in [-0.25, -0.2) is 8.42 Å². The molecule has 2 fully saturated rings. The number of fused-ring (bicyclic) bond motifs is 3. The van der Waals surface area contributed by atoms with Gasteiger partial charge in [-0.15, -0.1) is 0 Å². The highest BCUT2D eigenvalue weighted by molar-refractivity contribution is 7.92. The van der Waals surface area contributed by atoms with Crippen molar-refractivity contribution in [1.82, 2.24) is 5.32 Å². The molecule has 4 atom stereocenters. The summed E-state index contributed by atoms with van der Waals surface area (Å²) in [4.78, 5) is 12.9. The van der Waals surface area contributed by atoms with Gasteiger partial charge in [0, 0.05) is 23.2 Å². The maximum atomic E-state index is 12.8. The summed E-state index contributed by atoms with van der Waals surface area (Å²) in [6.07, 6.45) is 5.05. The zero-order chi connectivity index (χ0) is 24.4. The maximum absolute atomic E-state index is 12.8. The third-order valence-corrected chi connectivity index (χ3v) is 8.59. The van der Waals surface area contributed by atoms with Gasteiger partial charge in [0.05, 0.1) is 24.0 Å². The van der Waals surface area contributed by atoms with Crippen molar-refractivity contribution in [2.75, 3.05) is 11.3 Å². The zero-order valence-corrected chi connectivity index (χ0v) is 20.4. The Morgan fingerprint density at radius 1 is 1.06 bits per heavy atom. The molecule has 0 bridgehead atoms. The van der Waals surface area contributed by atoms with E-state index in [-0.39, 0.29) is 48.0 Å². The first-order chi connectivity index (χ1) is 16.9. The number of aliphatic hydroxyl groups is 1. The smallest absolute Gasteiger partial charge is 0.261 e. The second kappa shape index (κ2) is 10.2. The highest BCUT2D eigenvalue weighted by atomic mass is 32.2. The van der Waals surface area contributed by atoms with Gasteiger partial charge in [-0.05, 0) is 49.6 Å². The summed E-state index contributed by atoms with van der Waals surface area (Å²) in [7, 11) is -3.72. The molecule has 35 heavy (non-hydrogen) atoms. The summed E-state index contributed by atoms with van der Waals surface area (Å²) in [5.41, 5.74) is 1.30. The van der Waals surface area contributed by atoms with Crippen LogP contribution in [0.1, 0.15) is 56.4 Å². The summed E-state index contributed by atoms with van der Waals surface area (Å²) in [5, 5.41) is 13.1. The molecule has 2 heterocycles. The number of hydrogen-bond donors (Lipinski definition) is 3. The molecule has 3 N–H and O–H groups in total. The number of amides is 1. The fourth-order valence-corrected chi connectivity index (χ4v) is 6.58. The van der Waals surface area contributed by atoms with Crippen molar-refractivity contribution in [3.05, 3.63) is 54.1 Å². The van der Waals surface area contributed by atoms with Crippen molar-refractivity contribution >= 4 is 21.6 Å². The van der Waals surface area contributed by atoms with Crippen LogP contribution in [0.15, 0.2) is 53.4 Å². The van der Waals surface area contributed by atoms with Gasteiger partial charge in [0.15, 0.2) is 0 Å². The molecule has 1 saturated carbocycles. The van der Waals surface area contributed by atoms with E-state index in [9.17, 15) is 18.3 Å². The van der Waals surface area contributed by atoms with Crippen molar-refractivity contribution in [3.63, 3.8) is 0 Å². The van der Waals surface area contributed by atoms with Gasteiger partial charge in [0.25, 0.3) is 10.0 Å².